The molecule has 0 N–H and O–H groups in total. The Balaban J connectivity index is 2.57. The van der Waals surface area contributed by atoms with Gasteiger partial charge in [0.05, 0.1) is 12.5 Å². The van der Waals surface area contributed by atoms with Crippen LogP contribution in [0.15, 0.2) is 24.3 Å². The third kappa shape index (κ3) is 5.44. The SMILES string of the molecule is Cc1ccccc1CCC(=O)N(CCC#N)CC(C)C. The highest BCUT2D eigenvalue weighted by Crippen LogP contribution is 2.11. The van der Waals surface area contributed by atoms with Crippen molar-refractivity contribution in [2.75, 3.05) is 13.1 Å². The Morgan fingerprint density at radius 2 is 2.05 bits per heavy atom. The summed E-state index contributed by atoms with van der Waals surface area (Å²) >= 11 is 0. The van der Waals surface area contributed by atoms with E-state index in [1.54, 1.807) is 0 Å². The second-order valence-corrected chi connectivity index (χ2v) is 5.57. The summed E-state index contributed by atoms with van der Waals surface area (Å²) in [6, 6.07) is 10.3. The Hall–Kier alpha value is -1.82. The van der Waals surface area contributed by atoms with Gasteiger partial charge in [-0.3, -0.25) is 4.79 Å². The fourth-order valence-corrected chi connectivity index (χ4v) is 2.23. The van der Waals surface area contributed by atoms with E-state index in [1.165, 1.54) is 11.1 Å². The van der Waals surface area contributed by atoms with Gasteiger partial charge in [0, 0.05) is 19.5 Å². The fraction of sp³-hybridized carbons (Fsp3) is 0.529. The Morgan fingerprint density at radius 1 is 1.35 bits per heavy atom. The van der Waals surface area contributed by atoms with E-state index < -0.39 is 0 Å². The molecule has 0 saturated heterocycles. The first kappa shape index (κ1) is 16.2. The number of aryl methyl sites for hydroxylation is 2. The minimum Gasteiger partial charge on any atom is -0.341 e. The molecule has 0 aliphatic rings. The molecule has 0 aliphatic carbocycles. The molecule has 3 heteroatoms. The summed E-state index contributed by atoms with van der Waals surface area (Å²) in [5.41, 5.74) is 2.46. The minimum atomic E-state index is 0.150. The van der Waals surface area contributed by atoms with E-state index in [2.05, 4.69) is 39.0 Å². The topological polar surface area (TPSA) is 44.1 Å². The third-order valence-corrected chi connectivity index (χ3v) is 3.30. The van der Waals surface area contributed by atoms with E-state index in [-0.39, 0.29) is 5.91 Å². The molecule has 0 saturated carbocycles. The molecule has 3 nitrogen and oxygen atoms in total. The number of nitrogens with zero attached hydrogens (tertiary/aromatic N) is 2. The van der Waals surface area contributed by atoms with Crippen molar-refractivity contribution in [2.45, 2.75) is 40.0 Å². The molecular formula is C17H24N2O. The number of carbonyl (C=O) groups excluding carboxylic acids is 1. The standard InChI is InChI=1S/C17H24N2O/c1-14(2)13-19(12-6-11-18)17(20)10-9-16-8-5-4-7-15(16)3/h4-5,7-8,14H,6,9-10,12-13H2,1-3H3. The highest BCUT2D eigenvalue weighted by atomic mass is 16.2. The van der Waals surface area contributed by atoms with Gasteiger partial charge in [0.15, 0.2) is 0 Å². The zero-order chi connectivity index (χ0) is 15.0. The summed E-state index contributed by atoms with van der Waals surface area (Å²) in [6.45, 7) is 7.53. The summed E-state index contributed by atoms with van der Waals surface area (Å²) in [4.78, 5) is 14.1. The number of hydrogen-bond donors (Lipinski definition) is 0. The van der Waals surface area contributed by atoms with Gasteiger partial charge in [-0.1, -0.05) is 38.1 Å². The molecular weight excluding hydrogens is 248 g/mol. The average Bonchev–Trinajstić information content (AvgIpc) is 2.41. The van der Waals surface area contributed by atoms with E-state index in [4.69, 9.17) is 5.26 Å². The Bertz CT molecular complexity index is 474. The second-order valence-electron chi connectivity index (χ2n) is 5.57. The molecule has 1 aromatic carbocycles. The fourth-order valence-electron chi connectivity index (χ4n) is 2.23. The van der Waals surface area contributed by atoms with Crippen molar-refractivity contribution in [3.8, 4) is 6.07 Å². The number of carbonyl (C=O) groups is 1. The van der Waals surface area contributed by atoms with Crippen LogP contribution in [0.3, 0.4) is 0 Å². The third-order valence-electron chi connectivity index (χ3n) is 3.30. The van der Waals surface area contributed by atoms with Crippen LogP contribution in [0.5, 0.6) is 0 Å². The second kappa shape index (κ2) is 8.37. The lowest BCUT2D eigenvalue weighted by Gasteiger charge is -2.23. The predicted molar refractivity (Wildman–Crippen MR) is 81.1 cm³/mol. The van der Waals surface area contributed by atoms with Crippen molar-refractivity contribution >= 4 is 5.91 Å². The first-order valence-corrected chi connectivity index (χ1v) is 7.23. The monoisotopic (exact) mass is 272 g/mol. The first-order chi connectivity index (χ1) is 9.54. The molecule has 0 aliphatic heterocycles. The summed E-state index contributed by atoms with van der Waals surface area (Å²) in [5.74, 6) is 0.577. The van der Waals surface area contributed by atoms with Crippen LogP contribution >= 0.6 is 0 Å². The molecule has 108 valence electrons. The lowest BCUT2D eigenvalue weighted by molar-refractivity contribution is -0.131. The molecule has 1 amide bonds. The quantitative estimate of drug-likeness (QED) is 0.764. The zero-order valence-electron chi connectivity index (χ0n) is 12.7. The van der Waals surface area contributed by atoms with Gasteiger partial charge in [-0.15, -0.1) is 0 Å². The molecule has 0 heterocycles. The van der Waals surface area contributed by atoms with Gasteiger partial charge in [-0.05, 0) is 30.4 Å². The smallest absolute Gasteiger partial charge is 0.222 e. The molecule has 0 bridgehead atoms. The number of hydrogen-bond acceptors (Lipinski definition) is 2. The predicted octanol–water partition coefficient (Wildman–Crippen LogP) is 3.33. The van der Waals surface area contributed by atoms with Gasteiger partial charge >= 0.3 is 0 Å². The highest BCUT2D eigenvalue weighted by Gasteiger charge is 2.14. The lowest BCUT2D eigenvalue weighted by atomic mass is 10.0. The summed E-state index contributed by atoms with van der Waals surface area (Å²) in [5, 5.41) is 8.69. The van der Waals surface area contributed by atoms with Crippen LogP contribution in [-0.2, 0) is 11.2 Å². The lowest BCUT2D eigenvalue weighted by Crippen LogP contribution is -2.35. The molecule has 1 aromatic rings. The van der Waals surface area contributed by atoms with Gasteiger partial charge in [0.25, 0.3) is 0 Å². The Morgan fingerprint density at radius 3 is 2.65 bits per heavy atom. The van der Waals surface area contributed by atoms with Crippen LogP contribution in [0, 0.1) is 24.2 Å². The van der Waals surface area contributed by atoms with E-state index in [0.717, 1.165) is 13.0 Å². The van der Waals surface area contributed by atoms with Crippen LogP contribution in [0.25, 0.3) is 0 Å². The van der Waals surface area contributed by atoms with E-state index in [9.17, 15) is 4.79 Å². The van der Waals surface area contributed by atoms with E-state index in [0.29, 0.717) is 25.3 Å². The van der Waals surface area contributed by atoms with Gasteiger partial charge in [-0.25, -0.2) is 0 Å². The maximum Gasteiger partial charge on any atom is 0.222 e. The average molecular weight is 272 g/mol. The maximum absolute atomic E-state index is 12.3. The van der Waals surface area contributed by atoms with Crippen LogP contribution in [0.4, 0.5) is 0 Å². The van der Waals surface area contributed by atoms with Gasteiger partial charge in [0.1, 0.15) is 0 Å². The number of benzene rings is 1. The molecule has 20 heavy (non-hydrogen) atoms. The molecule has 0 fully saturated rings. The number of nitriles is 1. The zero-order valence-corrected chi connectivity index (χ0v) is 12.7. The van der Waals surface area contributed by atoms with Crippen molar-refractivity contribution in [3.63, 3.8) is 0 Å². The molecule has 1 rings (SSSR count). The Kier molecular flexibility index (Phi) is 6.79. The van der Waals surface area contributed by atoms with Crippen LogP contribution in [-0.4, -0.2) is 23.9 Å². The molecule has 0 unspecified atom stereocenters. The first-order valence-electron chi connectivity index (χ1n) is 7.23. The van der Waals surface area contributed by atoms with Gasteiger partial charge < -0.3 is 4.90 Å². The number of rotatable bonds is 7. The van der Waals surface area contributed by atoms with Crippen LogP contribution in [0.1, 0.15) is 37.8 Å². The molecule has 0 aromatic heterocycles. The van der Waals surface area contributed by atoms with Crippen LogP contribution < -0.4 is 0 Å². The maximum atomic E-state index is 12.3. The van der Waals surface area contributed by atoms with Crippen molar-refractivity contribution in [3.05, 3.63) is 35.4 Å². The summed E-state index contributed by atoms with van der Waals surface area (Å²) < 4.78 is 0. The van der Waals surface area contributed by atoms with Gasteiger partial charge in [0.2, 0.25) is 5.91 Å². The Labute approximate surface area is 122 Å². The van der Waals surface area contributed by atoms with E-state index >= 15 is 0 Å². The molecule has 0 radical (unpaired) electrons. The minimum absolute atomic E-state index is 0.150. The normalized spacial score (nSPS) is 10.3. The highest BCUT2D eigenvalue weighted by molar-refractivity contribution is 5.76. The summed E-state index contributed by atoms with van der Waals surface area (Å²) in [7, 11) is 0. The van der Waals surface area contributed by atoms with Gasteiger partial charge in [-0.2, -0.15) is 5.26 Å². The number of amides is 1. The van der Waals surface area contributed by atoms with Crippen molar-refractivity contribution in [1.82, 2.24) is 4.90 Å². The van der Waals surface area contributed by atoms with E-state index in [1.807, 2.05) is 17.0 Å². The summed E-state index contributed by atoms with van der Waals surface area (Å²) in [6.07, 6.45) is 1.69. The van der Waals surface area contributed by atoms with Crippen molar-refractivity contribution in [1.29, 1.82) is 5.26 Å². The van der Waals surface area contributed by atoms with Crippen molar-refractivity contribution < 1.29 is 4.79 Å². The van der Waals surface area contributed by atoms with Crippen LogP contribution in [0.2, 0.25) is 0 Å². The largest absolute Gasteiger partial charge is 0.341 e. The van der Waals surface area contributed by atoms with Crippen molar-refractivity contribution in [2.24, 2.45) is 5.92 Å². The molecule has 0 atom stereocenters. The molecule has 0 spiro atoms.